The maximum Gasteiger partial charge on any atom is 0.344 e. The lowest BCUT2D eigenvalue weighted by atomic mass is 9.89. The highest BCUT2D eigenvalue weighted by molar-refractivity contribution is 7.85. The van der Waals surface area contributed by atoms with Crippen molar-refractivity contribution in [3.63, 3.8) is 0 Å². The van der Waals surface area contributed by atoms with E-state index in [1.165, 1.54) is 0 Å². The molecule has 0 saturated heterocycles. The lowest BCUT2D eigenvalue weighted by Crippen LogP contribution is -2.35. The van der Waals surface area contributed by atoms with Gasteiger partial charge in [-0.3, -0.25) is 4.55 Å². The van der Waals surface area contributed by atoms with E-state index >= 15 is 0 Å². The van der Waals surface area contributed by atoms with Gasteiger partial charge in [0.15, 0.2) is 6.20 Å². The molecule has 5 rings (SSSR count). The smallest absolute Gasteiger partial charge is 0.344 e. The fourth-order valence-corrected chi connectivity index (χ4v) is 5.57. The zero-order chi connectivity index (χ0) is 30.0. The SMILES string of the molecule is Cc1ccc(/C(=C(/C#N)c2cc[n+](CCCS(=O)(=O)O)c3ccccc23)c2cc3ccc(N(C)C)cc3oc2=O)cc1. The molecule has 0 amide bonds. The number of allylic oxidation sites excluding steroid dienone is 1. The topological polar surface area (TPSA) is 115 Å². The molecule has 9 heteroatoms. The zero-order valence-corrected chi connectivity index (χ0v) is 24.4. The largest absolute Gasteiger partial charge is 0.422 e. The summed E-state index contributed by atoms with van der Waals surface area (Å²) in [5.41, 5.74) is 4.96. The first-order chi connectivity index (χ1) is 20.1. The quantitative estimate of drug-likeness (QED) is 0.114. The van der Waals surface area contributed by atoms with Gasteiger partial charge in [0.05, 0.1) is 22.3 Å². The van der Waals surface area contributed by atoms with Crippen LogP contribution in [0.5, 0.6) is 0 Å². The van der Waals surface area contributed by atoms with Crippen LogP contribution in [-0.2, 0) is 16.7 Å². The number of nitrogens with zero attached hydrogens (tertiary/aromatic N) is 3. The van der Waals surface area contributed by atoms with Gasteiger partial charge in [0, 0.05) is 60.9 Å². The van der Waals surface area contributed by atoms with E-state index in [1.807, 2.05) is 97.2 Å². The predicted octanol–water partition coefficient (Wildman–Crippen LogP) is 5.37. The highest BCUT2D eigenvalue weighted by Gasteiger charge is 2.23. The fourth-order valence-electron chi connectivity index (χ4n) is 5.07. The number of para-hydroxylation sites is 1. The highest BCUT2D eigenvalue weighted by atomic mass is 32.2. The first-order valence-electron chi connectivity index (χ1n) is 13.4. The first kappa shape index (κ1) is 28.7. The molecule has 0 bridgehead atoms. The molecule has 2 aromatic heterocycles. The number of hydrogen-bond donors (Lipinski definition) is 1. The van der Waals surface area contributed by atoms with Crippen LogP contribution in [0.4, 0.5) is 5.69 Å². The van der Waals surface area contributed by atoms with Gasteiger partial charge in [-0.2, -0.15) is 18.2 Å². The standard InChI is InChI=1S/C33H29N3O5S/c1-22-9-11-23(12-10-22)32(28-19-24-13-14-25(35(2)3)20-31(24)41-33(28)37)29(21-34)26-15-17-36(16-6-18-42(38,39)40)30-8-5-4-7-27(26)30/h4-5,7-15,17,19-20H,6,16,18H2,1-3H3/p+1. The summed E-state index contributed by atoms with van der Waals surface area (Å²) >= 11 is 0. The van der Waals surface area contributed by atoms with E-state index < -0.39 is 15.7 Å². The van der Waals surface area contributed by atoms with E-state index in [0.29, 0.717) is 34.4 Å². The van der Waals surface area contributed by atoms with Crippen molar-refractivity contribution in [2.45, 2.75) is 19.9 Å². The Morgan fingerprint density at radius 2 is 1.74 bits per heavy atom. The Hall–Kier alpha value is -4.78. The second-order valence-electron chi connectivity index (χ2n) is 10.4. The van der Waals surface area contributed by atoms with Crippen LogP contribution in [0.25, 0.3) is 33.0 Å². The van der Waals surface area contributed by atoms with Gasteiger partial charge in [-0.1, -0.05) is 42.0 Å². The van der Waals surface area contributed by atoms with Crippen molar-refractivity contribution in [3.05, 3.63) is 118 Å². The van der Waals surface area contributed by atoms with Crippen LogP contribution in [-0.4, -0.2) is 32.8 Å². The Labute approximate surface area is 244 Å². The van der Waals surface area contributed by atoms with Crippen LogP contribution >= 0.6 is 0 Å². The van der Waals surface area contributed by atoms with Crippen molar-refractivity contribution in [1.29, 1.82) is 5.26 Å². The number of aromatic nitrogens is 1. The normalized spacial score (nSPS) is 12.3. The summed E-state index contributed by atoms with van der Waals surface area (Å²) in [4.78, 5) is 15.5. The van der Waals surface area contributed by atoms with Crippen LogP contribution in [0.15, 0.2) is 94.3 Å². The molecule has 0 atom stereocenters. The van der Waals surface area contributed by atoms with E-state index in [2.05, 4.69) is 6.07 Å². The molecule has 0 radical (unpaired) electrons. The summed E-state index contributed by atoms with van der Waals surface area (Å²) in [6.45, 7) is 2.32. The zero-order valence-electron chi connectivity index (χ0n) is 23.5. The molecular formula is C33H30N3O5S+. The highest BCUT2D eigenvalue weighted by Crippen LogP contribution is 2.35. The Balaban J connectivity index is 1.76. The maximum absolute atomic E-state index is 13.6. The number of benzene rings is 3. The second kappa shape index (κ2) is 11.6. The molecular weight excluding hydrogens is 550 g/mol. The van der Waals surface area contributed by atoms with Crippen LogP contribution in [0.2, 0.25) is 0 Å². The second-order valence-corrected chi connectivity index (χ2v) is 11.9. The average molecular weight is 581 g/mol. The summed E-state index contributed by atoms with van der Waals surface area (Å²) in [6.07, 6.45) is 2.01. The third-order valence-electron chi connectivity index (χ3n) is 7.20. The summed E-state index contributed by atoms with van der Waals surface area (Å²) in [5.74, 6) is -0.356. The minimum Gasteiger partial charge on any atom is -0.422 e. The monoisotopic (exact) mass is 580 g/mol. The van der Waals surface area contributed by atoms with Crippen molar-refractivity contribution in [1.82, 2.24) is 0 Å². The molecule has 0 fully saturated rings. The van der Waals surface area contributed by atoms with Crippen molar-refractivity contribution in [2.24, 2.45) is 0 Å². The summed E-state index contributed by atoms with van der Waals surface area (Å²) in [6, 6.07) is 26.7. The van der Waals surface area contributed by atoms with E-state index in [-0.39, 0.29) is 17.7 Å². The number of anilines is 1. The molecule has 1 N–H and O–H groups in total. The molecule has 0 unspecified atom stereocenters. The van der Waals surface area contributed by atoms with Gasteiger partial charge in [-0.25, -0.2) is 4.79 Å². The Morgan fingerprint density at radius 3 is 2.43 bits per heavy atom. The minimum absolute atomic E-state index is 0.218. The molecule has 0 aliphatic rings. The molecule has 0 spiro atoms. The number of hydrogen-bond acceptors (Lipinski definition) is 6. The predicted molar refractivity (Wildman–Crippen MR) is 165 cm³/mol. The molecule has 2 heterocycles. The lowest BCUT2D eigenvalue weighted by molar-refractivity contribution is -0.671. The molecule has 42 heavy (non-hydrogen) atoms. The lowest BCUT2D eigenvalue weighted by Gasteiger charge is -2.15. The average Bonchev–Trinajstić information content (AvgIpc) is 2.96. The third-order valence-corrected chi connectivity index (χ3v) is 8.01. The van der Waals surface area contributed by atoms with Crippen molar-refractivity contribution < 1.29 is 22.0 Å². The fraction of sp³-hybridized carbons (Fsp3) is 0.182. The minimum atomic E-state index is -4.08. The van der Waals surface area contributed by atoms with Crippen LogP contribution in [0, 0.1) is 18.3 Å². The first-order valence-corrected chi connectivity index (χ1v) is 15.0. The molecule has 8 nitrogen and oxygen atoms in total. The number of fused-ring (bicyclic) bond motifs is 2. The van der Waals surface area contributed by atoms with Gasteiger partial charge >= 0.3 is 5.63 Å². The van der Waals surface area contributed by atoms with E-state index in [4.69, 9.17) is 8.97 Å². The van der Waals surface area contributed by atoms with Gasteiger partial charge in [-0.05, 0) is 36.8 Å². The van der Waals surface area contributed by atoms with Crippen LogP contribution in [0.1, 0.15) is 28.7 Å². The van der Waals surface area contributed by atoms with Crippen molar-refractivity contribution >= 4 is 48.8 Å². The van der Waals surface area contributed by atoms with Gasteiger partial charge in [0.1, 0.15) is 18.2 Å². The van der Waals surface area contributed by atoms with Crippen LogP contribution < -0.4 is 15.1 Å². The van der Waals surface area contributed by atoms with Gasteiger partial charge < -0.3 is 9.32 Å². The van der Waals surface area contributed by atoms with E-state index in [0.717, 1.165) is 27.5 Å². The maximum atomic E-state index is 13.6. The number of pyridine rings is 1. The Morgan fingerprint density at radius 1 is 1.00 bits per heavy atom. The molecule has 0 saturated carbocycles. The van der Waals surface area contributed by atoms with Gasteiger partial charge in [-0.15, -0.1) is 0 Å². The summed E-state index contributed by atoms with van der Waals surface area (Å²) < 4.78 is 39.4. The Kier molecular flexibility index (Phi) is 7.94. The summed E-state index contributed by atoms with van der Waals surface area (Å²) in [7, 11) is -0.260. The van der Waals surface area contributed by atoms with Gasteiger partial charge in [0.2, 0.25) is 5.52 Å². The van der Waals surface area contributed by atoms with E-state index in [9.17, 15) is 18.5 Å². The molecule has 5 aromatic rings. The summed E-state index contributed by atoms with van der Waals surface area (Å²) in [5, 5.41) is 12.1. The van der Waals surface area contributed by atoms with Gasteiger partial charge in [0.25, 0.3) is 10.1 Å². The number of nitriles is 1. The molecule has 212 valence electrons. The van der Waals surface area contributed by atoms with Crippen LogP contribution in [0.3, 0.4) is 0 Å². The van der Waals surface area contributed by atoms with E-state index in [1.54, 1.807) is 18.3 Å². The number of rotatable bonds is 8. The molecule has 0 aliphatic carbocycles. The third kappa shape index (κ3) is 5.96. The van der Waals surface area contributed by atoms with Crippen molar-refractivity contribution in [3.8, 4) is 6.07 Å². The molecule has 0 aliphatic heterocycles. The van der Waals surface area contributed by atoms with Crippen molar-refractivity contribution in [2.75, 3.05) is 24.7 Å². The Bertz CT molecular complexity index is 2050. The number of aryl methyl sites for hydroxylation is 2. The molecule has 3 aromatic carbocycles.